The normalized spacial score (nSPS) is 10.1. The monoisotopic (exact) mass is 295 g/mol. The first-order chi connectivity index (χ1) is 9.06. The fourth-order valence-electron chi connectivity index (χ4n) is 1.42. The second-order valence-corrected chi connectivity index (χ2v) is 4.69. The number of aromatic nitrogens is 1. The first-order valence-corrected chi connectivity index (χ1v) is 6.26. The Morgan fingerprint density at radius 1 is 1.16 bits per heavy atom. The smallest absolute Gasteiger partial charge is 0.308 e. The lowest BCUT2D eigenvalue weighted by Crippen LogP contribution is -2.20. The van der Waals surface area contributed by atoms with E-state index in [9.17, 15) is 4.79 Å². The average Bonchev–Trinajstić information content (AvgIpc) is 2.37. The molecule has 0 saturated carbocycles. The molecule has 98 valence electrons. The molecule has 1 aromatic heterocycles. The van der Waals surface area contributed by atoms with Gasteiger partial charge in [-0.3, -0.25) is 5.32 Å². The van der Waals surface area contributed by atoms with Gasteiger partial charge in [-0.25, -0.2) is 9.78 Å². The molecule has 0 unspecified atom stereocenters. The fraction of sp³-hybridized carbons (Fsp3) is 0.0769. The zero-order valence-corrected chi connectivity index (χ0v) is 11.6. The van der Waals surface area contributed by atoms with Gasteiger partial charge >= 0.3 is 6.03 Å². The van der Waals surface area contributed by atoms with Crippen LogP contribution in [0.2, 0.25) is 10.0 Å². The highest BCUT2D eigenvalue weighted by molar-refractivity contribution is 6.33. The molecule has 1 heterocycles. The third-order valence-corrected chi connectivity index (χ3v) is 3.13. The van der Waals surface area contributed by atoms with E-state index in [-0.39, 0.29) is 0 Å². The van der Waals surface area contributed by atoms with Gasteiger partial charge in [-0.15, -0.1) is 0 Å². The van der Waals surface area contributed by atoms with Crippen LogP contribution in [0.25, 0.3) is 0 Å². The summed E-state index contributed by atoms with van der Waals surface area (Å²) in [6.45, 7) is 1.89. The summed E-state index contributed by atoms with van der Waals surface area (Å²) in [5.74, 6) is 0.305. The van der Waals surface area contributed by atoms with E-state index >= 15 is 0 Å². The SMILES string of the molecule is Cc1ccc(NC(=O)Nc2ncccc2Cl)cc1Cl. The minimum absolute atomic E-state index is 0.305. The van der Waals surface area contributed by atoms with Crippen LogP contribution in [0.4, 0.5) is 16.3 Å². The fourth-order valence-corrected chi connectivity index (χ4v) is 1.77. The molecule has 2 rings (SSSR count). The predicted molar refractivity (Wildman–Crippen MR) is 78.1 cm³/mol. The molecule has 2 aromatic rings. The number of rotatable bonds is 2. The summed E-state index contributed by atoms with van der Waals surface area (Å²) in [4.78, 5) is 15.7. The number of hydrogen-bond acceptors (Lipinski definition) is 2. The van der Waals surface area contributed by atoms with Crippen LogP contribution in [0.15, 0.2) is 36.5 Å². The number of urea groups is 1. The van der Waals surface area contributed by atoms with Crippen molar-refractivity contribution in [2.45, 2.75) is 6.92 Å². The van der Waals surface area contributed by atoms with E-state index in [2.05, 4.69) is 15.6 Å². The van der Waals surface area contributed by atoms with E-state index in [1.165, 1.54) is 0 Å². The van der Waals surface area contributed by atoms with Crippen LogP contribution < -0.4 is 10.6 Å². The van der Waals surface area contributed by atoms with Crippen molar-refractivity contribution >= 4 is 40.7 Å². The van der Waals surface area contributed by atoms with Crippen molar-refractivity contribution in [3.05, 3.63) is 52.1 Å². The summed E-state index contributed by atoms with van der Waals surface area (Å²) in [7, 11) is 0. The molecular formula is C13H11Cl2N3O. The molecule has 0 fully saturated rings. The van der Waals surface area contributed by atoms with E-state index in [0.717, 1.165) is 5.56 Å². The van der Waals surface area contributed by atoms with Crippen LogP contribution in [0.3, 0.4) is 0 Å². The number of halogens is 2. The largest absolute Gasteiger partial charge is 0.324 e. The number of nitrogens with one attached hydrogen (secondary N) is 2. The predicted octanol–water partition coefficient (Wildman–Crippen LogP) is 4.34. The Kier molecular flexibility index (Phi) is 4.24. The number of carbonyl (C=O) groups is 1. The van der Waals surface area contributed by atoms with Gasteiger partial charge in [0.25, 0.3) is 0 Å². The molecule has 2 N–H and O–H groups in total. The summed E-state index contributed by atoms with van der Waals surface area (Å²) in [6, 6.07) is 8.17. The third kappa shape index (κ3) is 3.59. The van der Waals surface area contributed by atoms with E-state index in [0.29, 0.717) is 21.6 Å². The number of anilines is 2. The van der Waals surface area contributed by atoms with Crippen LogP contribution in [-0.4, -0.2) is 11.0 Å². The first kappa shape index (κ1) is 13.6. The van der Waals surface area contributed by atoms with E-state index in [1.807, 2.05) is 13.0 Å². The minimum Gasteiger partial charge on any atom is -0.308 e. The highest BCUT2D eigenvalue weighted by Crippen LogP contribution is 2.21. The van der Waals surface area contributed by atoms with E-state index in [1.54, 1.807) is 30.5 Å². The van der Waals surface area contributed by atoms with Gasteiger partial charge in [0.2, 0.25) is 0 Å². The first-order valence-electron chi connectivity index (χ1n) is 5.51. The molecule has 0 saturated heterocycles. The Morgan fingerprint density at radius 2 is 1.95 bits per heavy atom. The number of hydrogen-bond donors (Lipinski definition) is 2. The summed E-state index contributed by atoms with van der Waals surface area (Å²) in [5.41, 5.74) is 1.54. The molecule has 6 heteroatoms. The molecule has 0 aliphatic carbocycles. The number of carbonyl (C=O) groups excluding carboxylic acids is 1. The molecular weight excluding hydrogens is 285 g/mol. The molecule has 0 aliphatic heterocycles. The number of amides is 2. The second kappa shape index (κ2) is 5.91. The molecule has 0 spiro atoms. The van der Waals surface area contributed by atoms with Crippen LogP contribution in [0.1, 0.15) is 5.56 Å². The molecule has 4 nitrogen and oxygen atoms in total. The topological polar surface area (TPSA) is 54.0 Å². The summed E-state index contributed by atoms with van der Waals surface area (Å²) in [5, 5.41) is 6.18. The van der Waals surface area contributed by atoms with Crippen LogP contribution in [0.5, 0.6) is 0 Å². The number of benzene rings is 1. The molecule has 0 atom stereocenters. The zero-order valence-electron chi connectivity index (χ0n) is 10.1. The molecule has 0 bridgehead atoms. The maximum Gasteiger partial charge on any atom is 0.324 e. The standard InChI is InChI=1S/C13H11Cl2N3O/c1-8-4-5-9(7-11(8)15)17-13(19)18-12-10(14)3-2-6-16-12/h2-7H,1H3,(H2,16,17,18,19). The molecule has 0 aliphatic rings. The number of aryl methyl sites for hydroxylation is 1. The van der Waals surface area contributed by atoms with Gasteiger partial charge in [-0.05, 0) is 36.8 Å². The van der Waals surface area contributed by atoms with E-state index < -0.39 is 6.03 Å². The zero-order chi connectivity index (χ0) is 13.8. The Hall–Kier alpha value is -1.78. The van der Waals surface area contributed by atoms with Crippen molar-refractivity contribution in [2.24, 2.45) is 0 Å². The Labute approximate surface area is 120 Å². The Morgan fingerprint density at radius 3 is 2.63 bits per heavy atom. The summed E-state index contributed by atoms with van der Waals surface area (Å²) < 4.78 is 0. The van der Waals surface area contributed by atoms with Crippen LogP contribution in [0, 0.1) is 6.92 Å². The molecule has 1 aromatic carbocycles. The Bertz CT molecular complexity index is 617. The second-order valence-electron chi connectivity index (χ2n) is 3.88. The number of nitrogens with zero attached hydrogens (tertiary/aromatic N) is 1. The highest BCUT2D eigenvalue weighted by atomic mass is 35.5. The molecule has 19 heavy (non-hydrogen) atoms. The van der Waals surface area contributed by atoms with Gasteiger partial charge in [0.1, 0.15) is 0 Å². The maximum absolute atomic E-state index is 11.8. The van der Waals surface area contributed by atoms with Crippen molar-refractivity contribution in [1.82, 2.24) is 4.98 Å². The van der Waals surface area contributed by atoms with Crippen LogP contribution >= 0.6 is 23.2 Å². The lowest BCUT2D eigenvalue weighted by atomic mass is 10.2. The Balaban J connectivity index is 2.05. The quantitative estimate of drug-likeness (QED) is 0.866. The van der Waals surface area contributed by atoms with Crippen LogP contribution in [-0.2, 0) is 0 Å². The highest BCUT2D eigenvalue weighted by Gasteiger charge is 2.07. The lowest BCUT2D eigenvalue weighted by Gasteiger charge is -2.08. The third-order valence-electron chi connectivity index (χ3n) is 2.42. The minimum atomic E-state index is -0.430. The average molecular weight is 296 g/mol. The van der Waals surface area contributed by atoms with Crippen molar-refractivity contribution in [3.63, 3.8) is 0 Å². The van der Waals surface area contributed by atoms with Gasteiger partial charge in [0, 0.05) is 16.9 Å². The van der Waals surface area contributed by atoms with Crippen molar-refractivity contribution < 1.29 is 4.79 Å². The molecule has 0 radical (unpaired) electrons. The summed E-state index contributed by atoms with van der Waals surface area (Å²) >= 11 is 11.9. The van der Waals surface area contributed by atoms with Gasteiger partial charge in [0.15, 0.2) is 5.82 Å². The molecule has 2 amide bonds. The maximum atomic E-state index is 11.8. The van der Waals surface area contributed by atoms with Gasteiger partial charge in [-0.1, -0.05) is 29.3 Å². The van der Waals surface area contributed by atoms with E-state index in [4.69, 9.17) is 23.2 Å². The van der Waals surface area contributed by atoms with Crippen molar-refractivity contribution in [1.29, 1.82) is 0 Å². The van der Waals surface area contributed by atoms with Crippen molar-refractivity contribution in [3.8, 4) is 0 Å². The van der Waals surface area contributed by atoms with Gasteiger partial charge < -0.3 is 5.32 Å². The summed E-state index contributed by atoms with van der Waals surface area (Å²) in [6.07, 6.45) is 1.55. The van der Waals surface area contributed by atoms with Gasteiger partial charge in [-0.2, -0.15) is 0 Å². The van der Waals surface area contributed by atoms with Gasteiger partial charge in [0.05, 0.1) is 5.02 Å². The number of pyridine rings is 1. The van der Waals surface area contributed by atoms with Crippen molar-refractivity contribution in [2.75, 3.05) is 10.6 Å². The lowest BCUT2D eigenvalue weighted by molar-refractivity contribution is 0.262.